The number of pyridine rings is 3. The van der Waals surface area contributed by atoms with Crippen LogP contribution in [-0.4, -0.2) is 15.0 Å². The lowest BCUT2D eigenvalue weighted by Gasteiger charge is -2.30. The van der Waals surface area contributed by atoms with Crippen LogP contribution in [0.4, 0.5) is 17.1 Å². The molecule has 0 spiro atoms. The zero-order valence-corrected chi connectivity index (χ0v) is 33.1. The minimum atomic E-state index is 0.904. The molecule has 12 rings (SSSR count). The van der Waals surface area contributed by atoms with Crippen molar-refractivity contribution in [3.63, 3.8) is 0 Å². The second-order valence-electron chi connectivity index (χ2n) is 15.5. The fourth-order valence-corrected chi connectivity index (χ4v) is 9.49. The predicted octanol–water partition coefficient (Wildman–Crippen LogP) is 15.3. The van der Waals surface area contributed by atoms with E-state index in [9.17, 15) is 0 Å². The van der Waals surface area contributed by atoms with Crippen molar-refractivity contribution in [1.29, 1.82) is 0 Å². The molecule has 0 unspecified atom stereocenters. The van der Waals surface area contributed by atoms with Gasteiger partial charge in [-0.3, -0.25) is 15.0 Å². The number of nitrogens with zero attached hydrogens (tertiary/aromatic N) is 4. The maximum atomic E-state index is 5.21. The summed E-state index contributed by atoms with van der Waals surface area (Å²) >= 11 is 0. The molecule has 0 atom stereocenters. The second-order valence-corrected chi connectivity index (χ2v) is 15.5. The first kappa shape index (κ1) is 34.8. The van der Waals surface area contributed by atoms with E-state index < -0.39 is 0 Å². The molecule has 0 saturated heterocycles. The highest BCUT2D eigenvalue weighted by Crippen LogP contribution is 2.49. The van der Waals surface area contributed by atoms with E-state index in [1.807, 2.05) is 36.8 Å². The van der Waals surface area contributed by atoms with Crippen molar-refractivity contribution in [2.45, 2.75) is 0 Å². The number of para-hydroxylation sites is 1. The summed E-state index contributed by atoms with van der Waals surface area (Å²) in [6.45, 7) is 0. The molecule has 0 fully saturated rings. The zero-order chi connectivity index (χ0) is 40.3. The van der Waals surface area contributed by atoms with Crippen molar-refractivity contribution in [1.82, 2.24) is 15.0 Å². The highest BCUT2D eigenvalue weighted by molar-refractivity contribution is 6.16. The van der Waals surface area contributed by atoms with E-state index >= 15 is 0 Å². The molecule has 12 aromatic rings. The molecule has 9 aromatic carbocycles. The number of benzene rings is 9. The van der Waals surface area contributed by atoms with Crippen LogP contribution in [0.25, 0.3) is 98.4 Å². The smallest absolute Gasteiger partial charge is 0.0948 e. The highest BCUT2D eigenvalue weighted by atomic mass is 15.2. The van der Waals surface area contributed by atoms with Crippen LogP contribution in [0.15, 0.2) is 219 Å². The van der Waals surface area contributed by atoms with Crippen LogP contribution >= 0.6 is 0 Å². The van der Waals surface area contributed by atoms with Crippen molar-refractivity contribution < 1.29 is 0 Å². The van der Waals surface area contributed by atoms with Crippen molar-refractivity contribution in [3.8, 4) is 33.4 Å². The van der Waals surface area contributed by atoms with Crippen molar-refractivity contribution in [2.75, 3.05) is 4.90 Å². The molecule has 0 saturated carbocycles. The summed E-state index contributed by atoms with van der Waals surface area (Å²) in [7, 11) is 0. The number of anilines is 3. The number of fused-ring (bicyclic) bond motifs is 6. The van der Waals surface area contributed by atoms with Gasteiger partial charge in [0.1, 0.15) is 0 Å². The third-order valence-corrected chi connectivity index (χ3v) is 12.2. The van der Waals surface area contributed by atoms with Crippen molar-refractivity contribution in [2.24, 2.45) is 0 Å². The number of rotatable bonds is 6. The Morgan fingerprint density at radius 3 is 1.20 bits per heavy atom. The lowest BCUT2D eigenvalue weighted by Crippen LogP contribution is -2.13. The average Bonchev–Trinajstić information content (AvgIpc) is 3.33. The van der Waals surface area contributed by atoms with Gasteiger partial charge >= 0.3 is 0 Å². The van der Waals surface area contributed by atoms with Crippen LogP contribution in [-0.2, 0) is 0 Å². The Kier molecular flexibility index (Phi) is 8.13. The molecule has 0 aliphatic rings. The molecule has 0 bridgehead atoms. The quantitative estimate of drug-likeness (QED) is 0.169. The molecule has 0 N–H and O–H groups in total. The Morgan fingerprint density at radius 1 is 0.230 bits per heavy atom. The van der Waals surface area contributed by atoms with Gasteiger partial charge in [-0.05, 0) is 91.1 Å². The minimum absolute atomic E-state index is 0.904. The summed E-state index contributed by atoms with van der Waals surface area (Å²) in [5, 5.41) is 10.4. The molecule has 0 aliphatic heterocycles. The lowest BCUT2D eigenvalue weighted by molar-refractivity contribution is 1.28. The van der Waals surface area contributed by atoms with Gasteiger partial charge in [-0.25, -0.2) is 0 Å². The Morgan fingerprint density at radius 2 is 0.607 bits per heavy atom. The average molecular weight is 777 g/mol. The largest absolute Gasteiger partial charge is 0.305 e. The monoisotopic (exact) mass is 776 g/mol. The highest BCUT2D eigenvalue weighted by Gasteiger charge is 2.25. The van der Waals surface area contributed by atoms with Gasteiger partial charge in [-0.1, -0.05) is 164 Å². The third-order valence-electron chi connectivity index (χ3n) is 12.2. The molecular weight excluding hydrogens is 741 g/mol. The van der Waals surface area contributed by atoms with E-state index in [4.69, 9.17) is 15.0 Å². The third kappa shape index (κ3) is 5.65. The SMILES string of the molecule is c1ccc2c(-c3ccc(N(c4ccc(-c5cccc6cccnc56)c5ccccc45)c4ccc(-c5cccc6ccccc56)c5cccnc45)c4ncccc34)cccc2c1. The van der Waals surface area contributed by atoms with E-state index in [2.05, 4.69) is 187 Å². The number of aromatic nitrogens is 3. The van der Waals surface area contributed by atoms with Gasteiger partial charge in [0.2, 0.25) is 0 Å². The van der Waals surface area contributed by atoms with Crippen LogP contribution in [0.5, 0.6) is 0 Å². The Hall–Kier alpha value is -8.21. The van der Waals surface area contributed by atoms with E-state index in [-0.39, 0.29) is 0 Å². The van der Waals surface area contributed by atoms with Crippen molar-refractivity contribution >= 4 is 82.1 Å². The maximum Gasteiger partial charge on any atom is 0.0948 e. The molecule has 4 nitrogen and oxygen atoms in total. The minimum Gasteiger partial charge on any atom is -0.305 e. The fourth-order valence-electron chi connectivity index (χ4n) is 9.49. The van der Waals surface area contributed by atoms with E-state index in [1.165, 1.54) is 32.7 Å². The molecular formula is C57H36N4. The Balaban J connectivity index is 1.15. The van der Waals surface area contributed by atoms with Crippen LogP contribution in [0.1, 0.15) is 0 Å². The van der Waals surface area contributed by atoms with Crippen molar-refractivity contribution in [3.05, 3.63) is 219 Å². The molecule has 3 heterocycles. The summed E-state index contributed by atoms with van der Waals surface area (Å²) in [5.74, 6) is 0. The fraction of sp³-hybridized carbons (Fsp3) is 0. The van der Waals surface area contributed by atoms with Crippen LogP contribution in [0.3, 0.4) is 0 Å². The molecule has 3 aromatic heterocycles. The molecule has 0 aliphatic carbocycles. The maximum absolute atomic E-state index is 5.21. The van der Waals surface area contributed by atoms with Gasteiger partial charge < -0.3 is 4.90 Å². The number of hydrogen-bond acceptors (Lipinski definition) is 4. The molecule has 284 valence electrons. The topological polar surface area (TPSA) is 41.9 Å². The summed E-state index contributed by atoms with van der Waals surface area (Å²) in [6, 6.07) is 71.7. The standard InChI is InChI=1S/C57H36N4/c1-3-19-40-37(13-1)15-7-23-42(40)45-29-32-53(56-50(45)26-11-35-59-56)61(52-31-28-47(44-21-5-6-22-48(44)52)49-25-9-17-39-18-10-34-58-55(39)49)54-33-30-46(51-27-12-36-60-57(51)54)43-24-8-16-38-14-2-4-20-41(38)43/h1-36H. The first-order valence-corrected chi connectivity index (χ1v) is 20.7. The molecule has 61 heavy (non-hydrogen) atoms. The van der Waals surface area contributed by atoms with E-state index in [1.54, 1.807) is 0 Å². The zero-order valence-electron chi connectivity index (χ0n) is 33.1. The summed E-state index contributed by atoms with van der Waals surface area (Å²) in [5.41, 5.74) is 12.6. The van der Waals surface area contributed by atoms with Crippen LogP contribution < -0.4 is 4.90 Å². The lowest BCUT2D eigenvalue weighted by atomic mass is 9.92. The van der Waals surface area contributed by atoms with E-state index in [0.717, 1.165) is 82.8 Å². The van der Waals surface area contributed by atoms with Gasteiger partial charge in [-0.15, -0.1) is 0 Å². The predicted molar refractivity (Wildman–Crippen MR) is 256 cm³/mol. The van der Waals surface area contributed by atoms with Gasteiger partial charge in [0, 0.05) is 45.7 Å². The van der Waals surface area contributed by atoms with Crippen LogP contribution in [0, 0.1) is 0 Å². The van der Waals surface area contributed by atoms with Gasteiger partial charge in [0.15, 0.2) is 0 Å². The summed E-state index contributed by atoms with van der Waals surface area (Å²) in [6.07, 6.45) is 5.70. The number of hydrogen-bond donors (Lipinski definition) is 0. The first-order valence-electron chi connectivity index (χ1n) is 20.7. The van der Waals surface area contributed by atoms with Gasteiger partial charge in [0.05, 0.1) is 33.6 Å². The Labute approximate surface area is 352 Å². The summed E-state index contributed by atoms with van der Waals surface area (Å²) in [4.78, 5) is 17.7. The molecule has 4 heteroatoms. The summed E-state index contributed by atoms with van der Waals surface area (Å²) < 4.78 is 0. The second kappa shape index (κ2) is 14.3. The van der Waals surface area contributed by atoms with E-state index in [0.29, 0.717) is 0 Å². The first-order chi connectivity index (χ1) is 30.3. The van der Waals surface area contributed by atoms with Gasteiger partial charge in [-0.2, -0.15) is 0 Å². The van der Waals surface area contributed by atoms with Crippen LogP contribution in [0.2, 0.25) is 0 Å². The molecule has 0 radical (unpaired) electrons. The normalized spacial score (nSPS) is 11.6. The molecule has 0 amide bonds. The van der Waals surface area contributed by atoms with Gasteiger partial charge in [0.25, 0.3) is 0 Å². The Bertz CT molecular complexity index is 3280.